The molecule has 2 aromatic carbocycles. The van der Waals surface area contributed by atoms with E-state index >= 15 is 0 Å². The fraction of sp³-hybridized carbons (Fsp3) is 0.0625. The molecule has 0 aliphatic rings. The molecule has 6 heteroatoms. The molecule has 114 valence electrons. The van der Waals surface area contributed by atoms with Crippen LogP contribution in [0.1, 0.15) is 11.1 Å². The van der Waals surface area contributed by atoms with Gasteiger partial charge in [-0.3, -0.25) is 4.79 Å². The molecule has 22 heavy (non-hydrogen) atoms. The highest BCUT2D eigenvalue weighted by molar-refractivity contribution is 6.42. The van der Waals surface area contributed by atoms with Gasteiger partial charge in [0.2, 0.25) is 5.91 Å². The lowest BCUT2D eigenvalue weighted by Gasteiger charge is -2.04. The van der Waals surface area contributed by atoms with Crippen LogP contribution in [-0.4, -0.2) is 5.91 Å². The molecule has 0 heterocycles. The number of carbonyl (C=O) groups excluding carboxylic acids is 1. The van der Waals surface area contributed by atoms with Crippen molar-refractivity contribution in [3.05, 3.63) is 74.5 Å². The molecule has 0 spiro atoms. The van der Waals surface area contributed by atoms with E-state index in [4.69, 9.17) is 34.8 Å². The van der Waals surface area contributed by atoms with Crippen LogP contribution in [0.15, 0.2) is 42.5 Å². The molecule has 1 amide bonds. The molecule has 0 saturated carbocycles. The van der Waals surface area contributed by atoms with Gasteiger partial charge in [0.05, 0.1) is 15.1 Å². The fourth-order valence-electron chi connectivity index (χ4n) is 1.73. The number of carbonyl (C=O) groups is 1. The van der Waals surface area contributed by atoms with Crippen LogP contribution >= 0.6 is 34.8 Å². The molecular formula is C16H11Cl3FNO. The Morgan fingerprint density at radius 2 is 1.86 bits per heavy atom. The topological polar surface area (TPSA) is 29.1 Å². The first-order chi connectivity index (χ1) is 10.5. The minimum absolute atomic E-state index is 0.175. The van der Waals surface area contributed by atoms with Crippen molar-refractivity contribution >= 4 is 46.8 Å². The predicted molar refractivity (Wildman–Crippen MR) is 88.8 cm³/mol. The SMILES string of the molecule is O=C(C=Cc1c(F)cccc1Cl)NCc1ccc(Cl)c(Cl)c1. The molecule has 2 aromatic rings. The van der Waals surface area contributed by atoms with E-state index in [1.54, 1.807) is 24.3 Å². The third-order valence-corrected chi connectivity index (χ3v) is 3.92. The second kappa shape index (κ2) is 7.63. The Balaban J connectivity index is 1.98. The van der Waals surface area contributed by atoms with Gasteiger partial charge in [0.25, 0.3) is 0 Å². The molecule has 2 nitrogen and oxygen atoms in total. The molecule has 0 aliphatic carbocycles. The molecule has 0 radical (unpaired) electrons. The lowest BCUT2D eigenvalue weighted by Crippen LogP contribution is -2.20. The number of nitrogens with one attached hydrogen (secondary N) is 1. The average Bonchev–Trinajstić information content (AvgIpc) is 2.48. The highest BCUT2D eigenvalue weighted by Crippen LogP contribution is 2.22. The summed E-state index contributed by atoms with van der Waals surface area (Å²) in [6, 6.07) is 9.41. The Bertz CT molecular complexity index is 711. The van der Waals surface area contributed by atoms with Crippen molar-refractivity contribution in [3.8, 4) is 0 Å². The monoisotopic (exact) mass is 357 g/mol. The zero-order chi connectivity index (χ0) is 16.1. The second-order valence-corrected chi connectivity index (χ2v) is 5.66. The Hall–Kier alpha value is -1.55. The van der Waals surface area contributed by atoms with Gasteiger partial charge < -0.3 is 5.32 Å². The minimum Gasteiger partial charge on any atom is -0.348 e. The molecule has 2 rings (SSSR count). The Morgan fingerprint density at radius 1 is 1.09 bits per heavy atom. The van der Waals surface area contributed by atoms with E-state index in [9.17, 15) is 9.18 Å². The van der Waals surface area contributed by atoms with Crippen molar-refractivity contribution in [2.45, 2.75) is 6.54 Å². The standard InChI is InChI=1S/C16H11Cl3FNO/c17-12-2-1-3-15(20)11(12)5-7-16(22)21-9-10-4-6-13(18)14(19)8-10/h1-8H,9H2,(H,21,22). The summed E-state index contributed by atoms with van der Waals surface area (Å²) < 4.78 is 13.5. The van der Waals surface area contributed by atoms with Gasteiger partial charge in [-0.1, -0.05) is 46.9 Å². The number of amides is 1. The minimum atomic E-state index is -0.485. The van der Waals surface area contributed by atoms with Crippen LogP contribution < -0.4 is 5.32 Å². The maximum absolute atomic E-state index is 13.5. The number of hydrogen-bond donors (Lipinski definition) is 1. The summed E-state index contributed by atoms with van der Waals surface area (Å²) in [6.07, 6.45) is 2.56. The summed E-state index contributed by atoms with van der Waals surface area (Å²) >= 11 is 17.6. The Kier molecular flexibility index (Phi) is 5.83. The highest BCUT2D eigenvalue weighted by Gasteiger charge is 2.04. The van der Waals surface area contributed by atoms with E-state index in [2.05, 4.69) is 5.32 Å². The third-order valence-electron chi connectivity index (χ3n) is 2.85. The second-order valence-electron chi connectivity index (χ2n) is 4.43. The number of rotatable bonds is 4. The van der Waals surface area contributed by atoms with Crippen molar-refractivity contribution in [3.63, 3.8) is 0 Å². The lowest BCUT2D eigenvalue weighted by molar-refractivity contribution is -0.116. The molecular weight excluding hydrogens is 348 g/mol. The molecule has 0 aromatic heterocycles. The van der Waals surface area contributed by atoms with E-state index < -0.39 is 5.82 Å². The van der Waals surface area contributed by atoms with Gasteiger partial charge in [-0.25, -0.2) is 4.39 Å². The fourth-order valence-corrected chi connectivity index (χ4v) is 2.27. The first-order valence-corrected chi connectivity index (χ1v) is 7.44. The molecule has 0 unspecified atom stereocenters. The van der Waals surface area contributed by atoms with E-state index in [0.717, 1.165) is 5.56 Å². The van der Waals surface area contributed by atoms with Crippen LogP contribution in [0.25, 0.3) is 6.08 Å². The number of halogens is 4. The van der Waals surface area contributed by atoms with E-state index in [1.165, 1.54) is 24.3 Å². The zero-order valence-electron chi connectivity index (χ0n) is 11.2. The van der Waals surface area contributed by atoms with Crippen LogP contribution in [0.5, 0.6) is 0 Å². The van der Waals surface area contributed by atoms with Crippen LogP contribution in [0.3, 0.4) is 0 Å². The Morgan fingerprint density at radius 3 is 2.55 bits per heavy atom. The summed E-state index contributed by atoms with van der Waals surface area (Å²) in [4.78, 5) is 11.7. The maximum Gasteiger partial charge on any atom is 0.244 e. The number of benzene rings is 2. The van der Waals surface area contributed by atoms with E-state index in [0.29, 0.717) is 10.0 Å². The molecule has 0 atom stereocenters. The molecule has 1 N–H and O–H groups in total. The van der Waals surface area contributed by atoms with Gasteiger partial charge in [-0.05, 0) is 35.9 Å². The predicted octanol–water partition coefficient (Wildman–Crippen LogP) is 5.12. The third kappa shape index (κ3) is 4.47. The van der Waals surface area contributed by atoms with Crippen molar-refractivity contribution in [2.75, 3.05) is 0 Å². The van der Waals surface area contributed by atoms with Crippen molar-refractivity contribution in [2.24, 2.45) is 0 Å². The quantitative estimate of drug-likeness (QED) is 0.756. The van der Waals surface area contributed by atoms with Crippen LogP contribution in [0, 0.1) is 5.82 Å². The summed E-state index contributed by atoms with van der Waals surface area (Å²) in [6.45, 7) is 0.283. The van der Waals surface area contributed by atoms with Gasteiger partial charge in [0.15, 0.2) is 0 Å². The van der Waals surface area contributed by atoms with Crippen molar-refractivity contribution in [1.29, 1.82) is 0 Å². The highest BCUT2D eigenvalue weighted by atomic mass is 35.5. The largest absolute Gasteiger partial charge is 0.348 e. The van der Waals surface area contributed by atoms with Crippen LogP contribution in [0.4, 0.5) is 4.39 Å². The van der Waals surface area contributed by atoms with Gasteiger partial charge in [-0.2, -0.15) is 0 Å². The summed E-state index contributed by atoms with van der Waals surface area (Å²) in [5.41, 5.74) is 0.980. The first-order valence-electron chi connectivity index (χ1n) is 6.31. The normalized spacial score (nSPS) is 10.9. The Labute approximate surface area is 142 Å². The lowest BCUT2D eigenvalue weighted by atomic mass is 10.2. The van der Waals surface area contributed by atoms with Gasteiger partial charge in [0.1, 0.15) is 5.82 Å². The van der Waals surface area contributed by atoms with Crippen molar-refractivity contribution in [1.82, 2.24) is 5.32 Å². The molecule has 0 bridgehead atoms. The average molecular weight is 359 g/mol. The first kappa shape index (κ1) is 16.8. The van der Waals surface area contributed by atoms with Crippen LogP contribution in [0.2, 0.25) is 15.1 Å². The molecule has 0 fully saturated rings. The summed E-state index contributed by atoms with van der Waals surface area (Å²) in [5.74, 6) is -0.855. The molecule has 0 saturated heterocycles. The maximum atomic E-state index is 13.5. The van der Waals surface area contributed by atoms with E-state index in [1.807, 2.05) is 0 Å². The van der Waals surface area contributed by atoms with E-state index in [-0.39, 0.29) is 23.0 Å². The number of hydrogen-bond acceptors (Lipinski definition) is 1. The van der Waals surface area contributed by atoms with Gasteiger partial charge in [-0.15, -0.1) is 0 Å². The van der Waals surface area contributed by atoms with Gasteiger partial charge in [0, 0.05) is 18.2 Å². The van der Waals surface area contributed by atoms with Crippen LogP contribution in [-0.2, 0) is 11.3 Å². The zero-order valence-corrected chi connectivity index (χ0v) is 13.5. The smallest absolute Gasteiger partial charge is 0.244 e. The van der Waals surface area contributed by atoms with Crippen molar-refractivity contribution < 1.29 is 9.18 Å². The summed E-state index contributed by atoms with van der Waals surface area (Å²) in [5, 5.41) is 3.77. The molecule has 0 aliphatic heterocycles. The summed E-state index contributed by atoms with van der Waals surface area (Å²) in [7, 11) is 0. The van der Waals surface area contributed by atoms with Gasteiger partial charge >= 0.3 is 0 Å².